The monoisotopic (exact) mass is 254 g/mol. The van der Waals surface area contributed by atoms with Gasteiger partial charge in [0.2, 0.25) is 0 Å². The van der Waals surface area contributed by atoms with Crippen LogP contribution in [0.25, 0.3) is 0 Å². The molecule has 1 aromatic carbocycles. The maximum absolute atomic E-state index is 12.0. The molecular weight excluding hydrogens is 240 g/mol. The van der Waals surface area contributed by atoms with Gasteiger partial charge >= 0.3 is 0 Å². The van der Waals surface area contributed by atoms with Crippen LogP contribution in [0.1, 0.15) is 30.6 Å². The third-order valence-electron chi connectivity index (χ3n) is 2.74. The first-order valence-electron chi connectivity index (χ1n) is 5.63. The molecule has 2 rings (SSSR count). The van der Waals surface area contributed by atoms with E-state index in [4.69, 9.17) is 21.1 Å². The van der Waals surface area contributed by atoms with E-state index in [9.17, 15) is 4.79 Å². The van der Waals surface area contributed by atoms with E-state index in [-0.39, 0.29) is 5.78 Å². The third kappa shape index (κ3) is 2.61. The lowest BCUT2D eigenvalue weighted by Gasteiger charge is -2.34. The molecule has 1 heterocycles. The van der Waals surface area contributed by atoms with Gasteiger partial charge in [-0.2, -0.15) is 0 Å². The summed E-state index contributed by atoms with van der Waals surface area (Å²) in [5.41, 5.74) is -0.0139. The van der Waals surface area contributed by atoms with E-state index < -0.39 is 5.60 Å². The number of rotatable bonds is 3. The minimum absolute atomic E-state index is 0.0518. The molecule has 0 N–H and O–H groups in total. The average molecular weight is 255 g/mol. The number of hydrogen-bond donors (Lipinski definition) is 0. The molecule has 1 aliphatic rings. The fraction of sp³-hybridized carbons (Fsp3) is 0.462. The van der Waals surface area contributed by atoms with Gasteiger partial charge in [0.25, 0.3) is 0 Å². The van der Waals surface area contributed by atoms with Gasteiger partial charge < -0.3 is 9.47 Å². The third-order valence-corrected chi connectivity index (χ3v) is 2.98. The van der Waals surface area contributed by atoms with Crippen molar-refractivity contribution in [2.75, 3.05) is 13.2 Å². The Balaban J connectivity index is 2.27. The summed E-state index contributed by atoms with van der Waals surface area (Å²) < 4.78 is 11.2. The van der Waals surface area contributed by atoms with Crippen LogP contribution in [0.2, 0.25) is 5.02 Å². The topological polar surface area (TPSA) is 35.5 Å². The minimum atomic E-state index is -0.575. The summed E-state index contributed by atoms with van der Waals surface area (Å²) in [4.78, 5) is 12.0. The number of carbonyl (C=O) groups excluding carboxylic acids is 1. The molecule has 0 aromatic heterocycles. The lowest BCUT2D eigenvalue weighted by molar-refractivity contribution is -0.0189. The van der Waals surface area contributed by atoms with Crippen LogP contribution in [0.5, 0.6) is 5.75 Å². The number of ether oxygens (including phenoxy) is 2. The summed E-state index contributed by atoms with van der Waals surface area (Å²) >= 11 is 5.86. The second-order valence-corrected chi connectivity index (χ2v) is 4.87. The van der Waals surface area contributed by atoms with Crippen molar-refractivity contribution in [3.05, 3.63) is 28.8 Å². The van der Waals surface area contributed by atoms with E-state index in [1.54, 1.807) is 18.2 Å². The Hall–Kier alpha value is -1.06. The second kappa shape index (κ2) is 4.67. The Morgan fingerprint density at radius 3 is 3.00 bits per heavy atom. The molecule has 0 aliphatic carbocycles. The minimum Gasteiger partial charge on any atom is -0.484 e. The van der Waals surface area contributed by atoms with Crippen LogP contribution in [0.15, 0.2) is 18.2 Å². The maximum Gasteiger partial charge on any atom is 0.170 e. The smallest absolute Gasteiger partial charge is 0.170 e. The van der Waals surface area contributed by atoms with Gasteiger partial charge in [-0.15, -0.1) is 0 Å². The molecule has 0 radical (unpaired) electrons. The Kier molecular flexibility index (Phi) is 3.40. The highest BCUT2D eigenvalue weighted by molar-refractivity contribution is 6.31. The molecule has 3 nitrogen and oxygen atoms in total. The standard InChI is InChI=1S/C13H15ClO3/c1-3-16-8-13(2)7-11(15)10-6-9(14)4-5-12(10)17-13/h4-6H,3,7-8H2,1-2H3. The molecule has 1 aliphatic heterocycles. The fourth-order valence-electron chi connectivity index (χ4n) is 1.94. The second-order valence-electron chi connectivity index (χ2n) is 4.43. The molecule has 0 amide bonds. The molecule has 92 valence electrons. The maximum atomic E-state index is 12.0. The van der Waals surface area contributed by atoms with Crippen molar-refractivity contribution in [2.24, 2.45) is 0 Å². The van der Waals surface area contributed by atoms with Gasteiger partial charge in [-0.1, -0.05) is 11.6 Å². The van der Waals surface area contributed by atoms with Gasteiger partial charge in [0.15, 0.2) is 5.78 Å². The van der Waals surface area contributed by atoms with Crippen LogP contribution in [0.4, 0.5) is 0 Å². The summed E-state index contributed by atoms with van der Waals surface area (Å²) in [5, 5.41) is 0.550. The van der Waals surface area contributed by atoms with Gasteiger partial charge in [-0.25, -0.2) is 0 Å². The van der Waals surface area contributed by atoms with Crippen LogP contribution in [0.3, 0.4) is 0 Å². The number of fused-ring (bicyclic) bond motifs is 1. The molecule has 0 spiro atoms. The van der Waals surface area contributed by atoms with Crippen LogP contribution in [0, 0.1) is 0 Å². The Morgan fingerprint density at radius 1 is 1.53 bits per heavy atom. The van der Waals surface area contributed by atoms with Crippen LogP contribution < -0.4 is 4.74 Å². The Bertz CT molecular complexity index is 444. The van der Waals surface area contributed by atoms with E-state index in [2.05, 4.69) is 0 Å². The molecule has 0 saturated carbocycles. The summed E-state index contributed by atoms with van der Waals surface area (Å²) in [6.45, 7) is 4.83. The van der Waals surface area contributed by atoms with Crippen molar-refractivity contribution < 1.29 is 14.3 Å². The van der Waals surface area contributed by atoms with Crippen molar-refractivity contribution in [3.63, 3.8) is 0 Å². The summed E-state index contributed by atoms with van der Waals surface area (Å²) in [7, 11) is 0. The molecule has 17 heavy (non-hydrogen) atoms. The largest absolute Gasteiger partial charge is 0.484 e. The molecule has 1 unspecified atom stereocenters. The van der Waals surface area contributed by atoms with E-state index in [0.29, 0.717) is 36.0 Å². The highest BCUT2D eigenvalue weighted by atomic mass is 35.5. The summed E-state index contributed by atoms with van der Waals surface area (Å²) in [5.74, 6) is 0.642. The number of benzene rings is 1. The van der Waals surface area contributed by atoms with Gasteiger partial charge in [-0.05, 0) is 32.0 Å². The van der Waals surface area contributed by atoms with Crippen molar-refractivity contribution in [2.45, 2.75) is 25.9 Å². The lowest BCUT2D eigenvalue weighted by Crippen LogP contribution is -2.43. The number of halogens is 1. The first kappa shape index (κ1) is 12.4. The molecule has 4 heteroatoms. The van der Waals surface area contributed by atoms with Crippen LogP contribution >= 0.6 is 11.6 Å². The number of hydrogen-bond acceptors (Lipinski definition) is 3. The van der Waals surface area contributed by atoms with Crippen LogP contribution in [-0.4, -0.2) is 24.6 Å². The molecular formula is C13H15ClO3. The van der Waals surface area contributed by atoms with E-state index in [1.807, 2.05) is 13.8 Å². The zero-order valence-corrected chi connectivity index (χ0v) is 10.7. The van der Waals surface area contributed by atoms with E-state index in [0.717, 1.165) is 0 Å². The average Bonchev–Trinajstić information content (AvgIpc) is 2.28. The molecule has 0 bridgehead atoms. The zero-order chi connectivity index (χ0) is 12.5. The number of Topliss-reactive ketones (excluding diaryl/α,β-unsaturated/α-hetero) is 1. The molecule has 0 fully saturated rings. The fourth-order valence-corrected chi connectivity index (χ4v) is 2.12. The van der Waals surface area contributed by atoms with Gasteiger partial charge in [0.1, 0.15) is 11.4 Å². The Labute approximate surface area is 106 Å². The molecule has 0 saturated heterocycles. The highest BCUT2D eigenvalue weighted by Crippen LogP contribution is 2.34. The molecule has 1 aromatic rings. The van der Waals surface area contributed by atoms with Gasteiger partial charge in [0, 0.05) is 11.6 Å². The predicted octanol–water partition coefficient (Wildman–Crippen LogP) is 3.10. The Morgan fingerprint density at radius 2 is 2.29 bits per heavy atom. The number of ketones is 1. The van der Waals surface area contributed by atoms with Crippen molar-refractivity contribution in [3.8, 4) is 5.75 Å². The zero-order valence-electron chi connectivity index (χ0n) is 9.96. The number of carbonyl (C=O) groups is 1. The predicted molar refractivity (Wildman–Crippen MR) is 65.9 cm³/mol. The quantitative estimate of drug-likeness (QED) is 0.832. The van der Waals surface area contributed by atoms with Crippen molar-refractivity contribution >= 4 is 17.4 Å². The summed E-state index contributed by atoms with van der Waals surface area (Å²) in [6, 6.07) is 5.11. The van der Waals surface area contributed by atoms with Crippen molar-refractivity contribution in [1.29, 1.82) is 0 Å². The van der Waals surface area contributed by atoms with E-state index in [1.165, 1.54) is 0 Å². The summed E-state index contributed by atoms with van der Waals surface area (Å²) in [6.07, 6.45) is 0.320. The first-order valence-corrected chi connectivity index (χ1v) is 6.01. The van der Waals surface area contributed by atoms with Crippen LogP contribution in [-0.2, 0) is 4.74 Å². The van der Waals surface area contributed by atoms with E-state index >= 15 is 0 Å². The highest BCUT2D eigenvalue weighted by Gasteiger charge is 2.36. The SMILES string of the molecule is CCOCC1(C)CC(=O)c2cc(Cl)ccc2O1. The normalized spacial score (nSPS) is 23.1. The van der Waals surface area contributed by atoms with Gasteiger partial charge in [-0.3, -0.25) is 4.79 Å². The molecule has 1 atom stereocenters. The lowest BCUT2D eigenvalue weighted by atomic mass is 9.92. The first-order chi connectivity index (χ1) is 8.04. The van der Waals surface area contributed by atoms with Crippen molar-refractivity contribution in [1.82, 2.24) is 0 Å². The van der Waals surface area contributed by atoms with Gasteiger partial charge in [0.05, 0.1) is 18.6 Å².